The van der Waals surface area contributed by atoms with E-state index in [9.17, 15) is 14.7 Å². The van der Waals surface area contributed by atoms with E-state index in [1.807, 2.05) is 37.4 Å². The van der Waals surface area contributed by atoms with Crippen molar-refractivity contribution in [3.05, 3.63) is 46.4 Å². The molecule has 1 aromatic carbocycles. The van der Waals surface area contributed by atoms with Crippen molar-refractivity contribution in [1.29, 1.82) is 0 Å². The van der Waals surface area contributed by atoms with Crippen LogP contribution in [0.2, 0.25) is 0 Å². The lowest BCUT2D eigenvalue weighted by Gasteiger charge is -2.23. The molecule has 2 aliphatic rings. The summed E-state index contributed by atoms with van der Waals surface area (Å²) in [5.41, 5.74) is 3.33. The molecular weight excluding hydrogens is 528 g/mol. The number of carbonyl (C=O) groups excluding carboxylic acids is 1. The molecule has 2 aromatic heterocycles. The number of aromatic nitrogens is 3. The molecule has 3 aromatic rings. The maximum atomic E-state index is 12.5. The molecule has 0 bridgehead atoms. The number of esters is 1. The number of fused-ring (bicyclic) bond motifs is 1. The Morgan fingerprint density at radius 1 is 1.20 bits per heavy atom. The van der Waals surface area contributed by atoms with Crippen LogP contribution >= 0.6 is 0 Å². The molecule has 2 aliphatic heterocycles. The van der Waals surface area contributed by atoms with E-state index < -0.39 is 18.1 Å². The smallest absolute Gasteiger partial charge is 0.326 e. The summed E-state index contributed by atoms with van der Waals surface area (Å²) in [6, 6.07) is 6.89. The van der Waals surface area contributed by atoms with Gasteiger partial charge in [-0.3, -0.25) is 14.9 Å². The minimum absolute atomic E-state index is 0.0243. The van der Waals surface area contributed by atoms with Gasteiger partial charge in [0.05, 0.1) is 30.4 Å². The molecule has 4 heterocycles. The van der Waals surface area contributed by atoms with Crippen LogP contribution in [0.1, 0.15) is 31.7 Å². The third-order valence-electron chi connectivity index (χ3n) is 7.76. The first-order valence-electron chi connectivity index (χ1n) is 14.4. The van der Waals surface area contributed by atoms with Crippen LogP contribution in [0, 0.1) is 12.8 Å². The van der Waals surface area contributed by atoms with Crippen molar-refractivity contribution in [2.75, 3.05) is 39.6 Å². The summed E-state index contributed by atoms with van der Waals surface area (Å²) in [6.45, 7) is 7.29. The molecule has 0 unspecified atom stereocenters. The molecule has 5 rings (SSSR count). The average molecular weight is 569 g/mol. The number of ether oxygens (including phenoxy) is 4. The van der Waals surface area contributed by atoms with Gasteiger partial charge in [0.2, 0.25) is 0 Å². The van der Waals surface area contributed by atoms with Crippen molar-refractivity contribution >= 4 is 17.0 Å². The van der Waals surface area contributed by atoms with Gasteiger partial charge in [-0.2, -0.15) is 0 Å². The number of nitrogens with zero attached hydrogens (tertiary/aromatic N) is 3. The maximum absolute atomic E-state index is 12.5. The lowest BCUT2D eigenvalue weighted by atomic mass is 10.00. The van der Waals surface area contributed by atoms with Crippen molar-refractivity contribution in [2.45, 2.75) is 57.9 Å². The number of carbonyl (C=O) groups is 1. The lowest BCUT2D eigenvalue weighted by molar-refractivity contribution is -0.154. The largest absolute Gasteiger partial charge is 0.492 e. The van der Waals surface area contributed by atoms with Crippen LogP contribution in [-0.4, -0.2) is 83.0 Å². The molecule has 11 nitrogen and oxygen atoms in total. The summed E-state index contributed by atoms with van der Waals surface area (Å²) in [5.74, 6) is 1.45. The predicted octanol–water partition coefficient (Wildman–Crippen LogP) is 2.19. The second kappa shape index (κ2) is 13.2. The Morgan fingerprint density at radius 2 is 1.98 bits per heavy atom. The summed E-state index contributed by atoms with van der Waals surface area (Å²) < 4.78 is 26.1. The highest BCUT2D eigenvalue weighted by Crippen LogP contribution is 2.30. The predicted molar refractivity (Wildman–Crippen MR) is 153 cm³/mol. The zero-order valence-corrected chi connectivity index (χ0v) is 24.0. The number of rotatable bonds is 11. The van der Waals surface area contributed by atoms with Crippen LogP contribution < -0.4 is 15.6 Å². The van der Waals surface area contributed by atoms with Gasteiger partial charge < -0.3 is 33.2 Å². The van der Waals surface area contributed by atoms with Crippen molar-refractivity contribution in [1.82, 2.24) is 19.4 Å². The fourth-order valence-corrected chi connectivity index (χ4v) is 5.47. The third kappa shape index (κ3) is 6.98. The van der Waals surface area contributed by atoms with Crippen molar-refractivity contribution in [3.8, 4) is 17.1 Å². The van der Waals surface area contributed by atoms with E-state index in [4.69, 9.17) is 23.9 Å². The summed E-state index contributed by atoms with van der Waals surface area (Å²) in [7, 11) is 1.76. The first-order valence-corrected chi connectivity index (χ1v) is 14.4. The van der Waals surface area contributed by atoms with Crippen LogP contribution in [0.4, 0.5) is 0 Å². The second-order valence-corrected chi connectivity index (χ2v) is 11.0. The van der Waals surface area contributed by atoms with Crippen molar-refractivity contribution < 1.29 is 28.8 Å². The number of hydrogen-bond donors (Lipinski definition) is 2. The average Bonchev–Trinajstić information content (AvgIpc) is 3.59. The highest BCUT2D eigenvalue weighted by molar-refractivity contribution is 5.82. The van der Waals surface area contributed by atoms with Crippen molar-refractivity contribution in [3.63, 3.8) is 0 Å². The van der Waals surface area contributed by atoms with Crippen LogP contribution in [0.3, 0.4) is 0 Å². The van der Waals surface area contributed by atoms with Gasteiger partial charge in [-0.1, -0.05) is 0 Å². The minimum atomic E-state index is -0.916. The number of pyridine rings is 1. The Balaban J connectivity index is 1.30. The van der Waals surface area contributed by atoms with E-state index >= 15 is 0 Å². The van der Waals surface area contributed by atoms with Gasteiger partial charge in [-0.15, -0.1) is 0 Å². The quantitative estimate of drug-likeness (QED) is 0.264. The standard InChI is InChI=1S/C30H40N4O7/c1-19-14-22(17-33(3)29(19)36)28-32-25-15-23(4-5-26(25)34(28)16-21-6-10-38-11-7-21)40-13-9-31-27(20(2)35)30(37)41-24-8-12-39-18-24/h4-5,14-15,17,20-21,24,27,31,35H,6-13,16,18H2,1-3H3/t20-,24+,27+/m1/s1. The SMILES string of the molecule is Cc1cc(-c2nc3cc(OCCN[C@H](C(=O)O[C@H]4CCOC4)[C@@H](C)O)ccc3n2CC2CCOCC2)cn(C)c1=O. The first-order chi connectivity index (χ1) is 19.8. The number of aliphatic hydroxyl groups excluding tert-OH is 1. The normalized spacial score (nSPS) is 19.4. The van der Waals surface area contributed by atoms with Gasteiger partial charge in [-0.25, -0.2) is 4.98 Å². The van der Waals surface area contributed by atoms with Gasteiger partial charge in [0, 0.05) is 63.2 Å². The summed E-state index contributed by atoms with van der Waals surface area (Å²) in [5, 5.41) is 13.2. The second-order valence-electron chi connectivity index (χ2n) is 11.0. The summed E-state index contributed by atoms with van der Waals surface area (Å²) >= 11 is 0. The van der Waals surface area contributed by atoms with Crippen LogP contribution in [0.5, 0.6) is 5.75 Å². The number of benzene rings is 1. The molecule has 2 N–H and O–H groups in total. The van der Waals surface area contributed by atoms with E-state index in [-0.39, 0.29) is 18.3 Å². The highest BCUT2D eigenvalue weighted by Gasteiger charge is 2.29. The molecule has 11 heteroatoms. The van der Waals surface area contributed by atoms with Crippen LogP contribution in [0.15, 0.2) is 35.3 Å². The van der Waals surface area contributed by atoms with E-state index in [2.05, 4.69) is 9.88 Å². The van der Waals surface area contributed by atoms with Gasteiger partial charge in [0.25, 0.3) is 5.56 Å². The van der Waals surface area contributed by atoms with E-state index in [1.54, 1.807) is 18.5 Å². The first kappa shape index (κ1) is 29.2. The van der Waals surface area contributed by atoms with Crippen LogP contribution in [-0.2, 0) is 32.6 Å². The maximum Gasteiger partial charge on any atom is 0.326 e. The lowest BCUT2D eigenvalue weighted by Crippen LogP contribution is -2.48. The molecule has 3 atom stereocenters. The number of nitrogens with one attached hydrogen (secondary N) is 1. The molecule has 0 amide bonds. The minimum Gasteiger partial charge on any atom is -0.492 e. The molecule has 0 spiro atoms. The molecule has 2 saturated heterocycles. The Kier molecular flexibility index (Phi) is 9.39. The van der Waals surface area contributed by atoms with Gasteiger partial charge in [0.1, 0.15) is 30.3 Å². The zero-order chi connectivity index (χ0) is 28.9. The molecule has 0 aliphatic carbocycles. The zero-order valence-electron chi connectivity index (χ0n) is 24.0. The molecule has 0 radical (unpaired) electrons. The molecule has 0 saturated carbocycles. The number of imidazole rings is 1. The van der Waals surface area contributed by atoms with Gasteiger partial charge in [0.15, 0.2) is 0 Å². The Labute approximate surface area is 239 Å². The summed E-state index contributed by atoms with van der Waals surface area (Å²) in [6.07, 6.45) is 3.31. The molecule has 222 valence electrons. The van der Waals surface area contributed by atoms with E-state index in [1.165, 1.54) is 0 Å². The Hall–Kier alpha value is -3.25. The van der Waals surface area contributed by atoms with Crippen LogP contribution in [0.25, 0.3) is 22.4 Å². The summed E-state index contributed by atoms with van der Waals surface area (Å²) in [4.78, 5) is 29.9. The topological polar surface area (TPSA) is 126 Å². The Bertz CT molecular complexity index is 1380. The van der Waals surface area contributed by atoms with Gasteiger partial charge >= 0.3 is 5.97 Å². The highest BCUT2D eigenvalue weighted by atomic mass is 16.6. The Morgan fingerprint density at radius 3 is 2.68 bits per heavy atom. The third-order valence-corrected chi connectivity index (χ3v) is 7.76. The molecule has 2 fully saturated rings. The van der Waals surface area contributed by atoms with E-state index in [0.717, 1.165) is 55.0 Å². The number of aryl methyl sites for hydroxylation is 2. The fraction of sp³-hybridized carbons (Fsp3) is 0.567. The monoisotopic (exact) mass is 568 g/mol. The van der Waals surface area contributed by atoms with Crippen molar-refractivity contribution in [2.24, 2.45) is 13.0 Å². The molecule has 41 heavy (non-hydrogen) atoms. The number of aliphatic hydroxyl groups is 1. The molecular formula is C30H40N4O7. The van der Waals surface area contributed by atoms with Gasteiger partial charge in [-0.05, 0) is 50.8 Å². The fourth-order valence-electron chi connectivity index (χ4n) is 5.47. The van der Waals surface area contributed by atoms with E-state index in [0.29, 0.717) is 43.4 Å². The number of hydrogen-bond acceptors (Lipinski definition) is 9.